The molecule has 3 aromatic heterocycles. The maximum atomic E-state index is 4.28. The smallest absolute Gasteiger partial charge is 0.0492 e. The molecule has 3 heterocycles. The van der Waals surface area contributed by atoms with Crippen molar-refractivity contribution in [2.45, 2.75) is 0 Å². The molecule has 0 aliphatic heterocycles. The van der Waals surface area contributed by atoms with E-state index in [1.165, 1.54) is 22.3 Å². The van der Waals surface area contributed by atoms with E-state index >= 15 is 0 Å². The number of nitrogens with zero attached hydrogens (tertiary/aromatic N) is 5. The normalized spacial score (nSPS) is 10.9. The second-order valence-corrected chi connectivity index (χ2v) is 13.7. The topological polar surface area (TPSA) is 37.2 Å². The SMILES string of the molecule is Cn1c(-c2ccc(N(c3ccncc3)c3ccc(-c4ccccc4)cc3)cc2)ccc1-c1ccc(N(c2ccncc2)c2ccc(-c3ccccc3)cc2)cc1. The van der Waals surface area contributed by atoms with Crippen LogP contribution >= 0.6 is 0 Å². The van der Waals surface area contributed by atoms with Gasteiger partial charge in [-0.2, -0.15) is 0 Å². The Kier molecular flexibility index (Phi) is 9.47. The molecule has 268 valence electrons. The number of hydrogen-bond donors (Lipinski definition) is 0. The van der Waals surface area contributed by atoms with Gasteiger partial charge in [-0.3, -0.25) is 9.97 Å². The predicted octanol–water partition coefficient (Wildman–Crippen LogP) is 13.4. The van der Waals surface area contributed by atoms with Crippen LogP contribution in [0.1, 0.15) is 0 Å². The molecule has 0 N–H and O–H groups in total. The van der Waals surface area contributed by atoms with Crippen molar-refractivity contribution in [1.29, 1.82) is 0 Å². The zero-order chi connectivity index (χ0) is 37.7. The monoisotopic (exact) mass is 721 g/mol. The van der Waals surface area contributed by atoms with Gasteiger partial charge in [0.2, 0.25) is 0 Å². The molecule has 5 nitrogen and oxygen atoms in total. The van der Waals surface area contributed by atoms with Crippen LogP contribution in [0.3, 0.4) is 0 Å². The highest BCUT2D eigenvalue weighted by Crippen LogP contribution is 2.39. The zero-order valence-electron chi connectivity index (χ0n) is 31.0. The van der Waals surface area contributed by atoms with E-state index in [1.54, 1.807) is 0 Å². The van der Waals surface area contributed by atoms with Crippen molar-refractivity contribution < 1.29 is 0 Å². The number of rotatable bonds is 10. The summed E-state index contributed by atoms with van der Waals surface area (Å²) >= 11 is 0. The quantitative estimate of drug-likeness (QED) is 0.141. The van der Waals surface area contributed by atoms with Gasteiger partial charge in [-0.1, -0.05) is 109 Å². The van der Waals surface area contributed by atoms with E-state index in [2.05, 4.69) is 189 Å². The Morgan fingerprint density at radius 2 is 0.554 bits per heavy atom. The van der Waals surface area contributed by atoms with Crippen molar-refractivity contribution in [2.75, 3.05) is 9.80 Å². The molecule has 9 aromatic rings. The van der Waals surface area contributed by atoms with Crippen LogP contribution < -0.4 is 9.80 Å². The van der Waals surface area contributed by atoms with Gasteiger partial charge in [0.25, 0.3) is 0 Å². The van der Waals surface area contributed by atoms with Gasteiger partial charge in [0.15, 0.2) is 0 Å². The first kappa shape index (κ1) is 34.3. The van der Waals surface area contributed by atoms with Crippen LogP contribution in [0.4, 0.5) is 34.1 Å². The standard InChI is InChI=1S/C51H39N5/c1-54-50(42-16-24-46(25-17-42)55(48-30-34-52-35-31-48)44-20-12-40(13-21-44)38-8-4-2-5-9-38)28-29-51(54)43-18-26-47(27-19-43)56(49-32-36-53-37-33-49)45-22-14-41(15-23-45)39-10-6-3-7-11-39/h2-37H,1H3. The van der Waals surface area contributed by atoms with Gasteiger partial charge in [0.1, 0.15) is 0 Å². The number of aromatic nitrogens is 3. The van der Waals surface area contributed by atoms with Crippen molar-refractivity contribution in [3.8, 4) is 44.8 Å². The molecule has 0 spiro atoms. The van der Waals surface area contributed by atoms with E-state index < -0.39 is 0 Å². The second kappa shape index (κ2) is 15.5. The number of anilines is 6. The van der Waals surface area contributed by atoms with E-state index in [4.69, 9.17) is 0 Å². The van der Waals surface area contributed by atoms with Gasteiger partial charge in [-0.05, 0) is 118 Å². The van der Waals surface area contributed by atoms with Gasteiger partial charge < -0.3 is 14.4 Å². The molecular formula is C51H39N5. The summed E-state index contributed by atoms with van der Waals surface area (Å²) in [5, 5.41) is 0. The summed E-state index contributed by atoms with van der Waals surface area (Å²) in [6, 6.07) is 68.7. The summed E-state index contributed by atoms with van der Waals surface area (Å²) < 4.78 is 2.27. The average Bonchev–Trinajstić information content (AvgIpc) is 3.67. The molecular weight excluding hydrogens is 683 g/mol. The molecule has 0 radical (unpaired) electrons. The molecule has 0 saturated heterocycles. The van der Waals surface area contributed by atoms with Crippen LogP contribution in [0.15, 0.2) is 219 Å². The van der Waals surface area contributed by atoms with Crippen molar-refractivity contribution in [3.63, 3.8) is 0 Å². The Morgan fingerprint density at radius 1 is 0.286 bits per heavy atom. The van der Waals surface area contributed by atoms with Crippen LogP contribution in [0.2, 0.25) is 0 Å². The molecule has 0 unspecified atom stereocenters. The lowest BCUT2D eigenvalue weighted by molar-refractivity contribution is 0.946. The van der Waals surface area contributed by atoms with Crippen LogP contribution in [0.5, 0.6) is 0 Å². The lowest BCUT2D eigenvalue weighted by atomic mass is 10.0. The molecule has 0 aliphatic carbocycles. The first-order valence-corrected chi connectivity index (χ1v) is 18.8. The van der Waals surface area contributed by atoms with Gasteiger partial charge in [0.05, 0.1) is 0 Å². The maximum Gasteiger partial charge on any atom is 0.0492 e. The minimum Gasteiger partial charge on any atom is -0.344 e. The summed E-state index contributed by atoms with van der Waals surface area (Å²) in [4.78, 5) is 13.1. The van der Waals surface area contributed by atoms with Crippen LogP contribution in [0.25, 0.3) is 44.8 Å². The summed E-state index contributed by atoms with van der Waals surface area (Å²) in [7, 11) is 2.14. The van der Waals surface area contributed by atoms with Crippen LogP contribution in [-0.2, 0) is 7.05 Å². The molecule has 6 aromatic carbocycles. The average molecular weight is 722 g/mol. The minimum atomic E-state index is 1.05. The fraction of sp³-hybridized carbons (Fsp3) is 0.0196. The van der Waals surface area contributed by atoms with Crippen LogP contribution in [0, 0.1) is 0 Å². The van der Waals surface area contributed by atoms with Gasteiger partial charge in [0, 0.05) is 77.3 Å². The molecule has 0 amide bonds. The largest absolute Gasteiger partial charge is 0.344 e. The summed E-state index contributed by atoms with van der Waals surface area (Å²) in [6.07, 6.45) is 7.36. The van der Waals surface area contributed by atoms with E-state index in [9.17, 15) is 0 Å². The molecule has 5 heteroatoms. The van der Waals surface area contributed by atoms with Gasteiger partial charge >= 0.3 is 0 Å². The third kappa shape index (κ3) is 6.97. The van der Waals surface area contributed by atoms with Crippen LogP contribution in [-0.4, -0.2) is 14.5 Å². The van der Waals surface area contributed by atoms with E-state index in [0.717, 1.165) is 56.6 Å². The third-order valence-electron chi connectivity index (χ3n) is 10.3. The van der Waals surface area contributed by atoms with Gasteiger partial charge in [-0.15, -0.1) is 0 Å². The summed E-state index contributed by atoms with van der Waals surface area (Å²) in [5.74, 6) is 0. The Hall–Kier alpha value is -7.50. The number of benzene rings is 6. The van der Waals surface area contributed by atoms with Crippen molar-refractivity contribution in [2.24, 2.45) is 7.05 Å². The van der Waals surface area contributed by atoms with Crippen molar-refractivity contribution in [1.82, 2.24) is 14.5 Å². The molecule has 56 heavy (non-hydrogen) atoms. The number of pyridine rings is 2. The van der Waals surface area contributed by atoms with E-state index in [1.807, 2.05) is 61.2 Å². The molecule has 9 rings (SSSR count). The minimum absolute atomic E-state index is 1.05. The molecule has 0 aliphatic rings. The fourth-order valence-electron chi connectivity index (χ4n) is 7.40. The first-order chi connectivity index (χ1) is 27.7. The molecule has 0 bridgehead atoms. The summed E-state index contributed by atoms with van der Waals surface area (Å²) in [6.45, 7) is 0. The van der Waals surface area contributed by atoms with E-state index in [-0.39, 0.29) is 0 Å². The zero-order valence-corrected chi connectivity index (χ0v) is 31.0. The Balaban J connectivity index is 0.982. The maximum absolute atomic E-state index is 4.28. The molecule has 0 atom stereocenters. The van der Waals surface area contributed by atoms with Crippen molar-refractivity contribution in [3.05, 3.63) is 219 Å². The number of hydrogen-bond acceptors (Lipinski definition) is 4. The summed E-state index contributed by atoms with van der Waals surface area (Å²) in [5.41, 5.74) is 15.8. The fourth-order valence-corrected chi connectivity index (χ4v) is 7.40. The predicted molar refractivity (Wildman–Crippen MR) is 232 cm³/mol. The Morgan fingerprint density at radius 3 is 0.875 bits per heavy atom. The lowest BCUT2D eigenvalue weighted by Gasteiger charge is -2.26. The Labute approximate surface area is 328 Å². The third-order valence-corrected chi connectivity index (χ3v) is 10.3. The van der Waals surface area contributed by atoms with Crippen molar-refractivity contribution >= 4 is 34.1 Å². The highest BCUT2D eigenvalue weighted by molar-refractivity contribution is 5.82. The highest BCUT2D eigenvalue weighted by atomic mass is 15.1. The Bertz CT molecular complexity index is 2450. The first-order valence-electron chi connectivity index (χ1n) is 18.8. The van der Waals surface area contributed by atoms with E-state index in [0.29, 0.717) is 0 Å². The molecule has 0 saturated carbocycles. The lowest BCUT2D eigenvalue weighted by Crippen LogP contribution is -2.10. The highest BCUT2D eigenvalue weighted by Gasteiger charge is 2.16. The molecule has 0 fully saturated rings. The second-order valence-electron chi connectivity index (χ2n) is 13.7. The van der Waals surface area contributed by atoms with Gasteiger partial charge in [-0.25, -0.2) is 0 Å².